The standard InChI is InChI=1S/C17H12ClN3O5/c1-8-12(18)4-3-10-15(8)19-7-11(17(23)24)16(10)20-13-6-9(21(25)26)2-5-14(13)22/h2-7,22H,1H3,(H,19,20)(H,23,24)/p-2. The fourth-order valence-electron chi connectivity index (χ4n) is 2.54. The van der Waals surface area contributed by atoms with Crippen LogP contribution in [-0.4, -0.2) is 15.9 Å². The first kappa shape index (κ1) is 17.4. The molecule has 3 rings (SSSR count). The number of anilines is 2. The Morgan fingerprint density at radius 2 is 2.00 bits per heavy atom. The van der Waals surface area contributed by atoms with E-state index in [2.05, 4.69) is 10.3 Å². The van der Waals surface area contributed by atoms with Crippen LogP contribution in [0.3, 0.4) is 0 Å². The number of nitro benzene ring substituents is 1. The molecule has 0 saturated heterocycles. The third kappa shape index (κ3) is 2.98. The van der Waals surface area contributed by atoms with Crippen molar-refractivity contribution in [2.24, 2.45) is 0 Å². The number of nitro groups is 1. The molecule has 0 aliphatic carbocycles. The van der Waals surface area contributed by atoms with Crippen molar-refractivity contribution in [2.45, 2.75) is 6.92 Å². The molecule has 0 aliphatic heterocycles. The number of nitrogens with zero attached hydrogens (tertiary/aromatic N) is 2. The lowest BCUT2D eigenvalue weighted by atomic mass is 10.1. The van der Waals surface area contributed by atoms with E-state index < -0.39 is 16.6 Å². The summed E-state index contributed by atoms with van der Waals surface area (Å²) >= 11 is 6.07. The zero-order chi connectivity index (χ0) is 19.0. The van der Waals surface area contributed by atoms with E-state index in [4.69, 9.17) is 11.6 Å². The Balaban J connectivity index is 2.25. The van der Waals surface area contributed by atoms with Crippen LogP contribution < -0.4 is 15.5 Å². The highest BCUT2D eigenvalue weighted by Crippen LogP contribution is 2.35. The molecule has 132 valence electrons. The van der Waals surface area contributed by atoms with Gasteiger partial charge in [-0.2, -0.15) is 0 Å². The quantitative estimate of drug-likeness (QED) is 0.549. The topological polar surface area (TPSA) is 131 Å². The highest BCUT2D eigenvalue weighted by Gasteiger charge is 2.15. The van der Waals surface area contributed by atoms with E-state index in [1.165, 1.54) is 0 Å². The van der Waals surface area contributed by atoms with Gasteiger partial charge in [-0.15, -0.1) is 0 Å². The van der Waals surface area contributed by atoms with Crippen molar-refractivity contribution >= 4 is 45.5 Å². The molecule has 0 bridgehead atoms. The number of halogens is 1. The molecule has 0 spiro atoms. The van der Waals surface area contributed by atoms with E-state index in [0.29, 0.717) is 21.5 Å². The lowest BCUT2D eigenvalue weighted by Crippen LogP contribution is -2.24. The molecule has 1 heterocycles. The van der Waals surface area contributed by atoms with Gasteiger partial charge in [-0.05, 0) is 24.6 Å². The fourth-order valence-corrected chi connectivity index (χ4v) is 2.69. The Hall–Kier alpha value is -3.39. The molecule has 2 aromatic carbocycles. The van der Waals surface area contributed by atoms with Crippen molar-refractivity contribution in [3.05, 3.63) is 62.8 Å². The summed E-state index contributed by atoms with van der Waals surface area (Å²) < 4.78 is 0. The predicted molar refractivity (Wildman–Crippen MR) is 91.6 cm³/mol. The molecule has 1 N–H and O–H groups in total. The molecule has 9 heteroatoms. The molecule has 26 heavy (non-hydrogen) atoms. The van der Waals surface area contributed by atoms with E-state index in [9.17, 15) is 25.1 Å². The maximum Gasteiger partial charge on any atom is 0.271 e. The SMILES string of the molecule is Cc1c(Cl)ccc2c(Nc3cc([N+](=O)[O-])ccc3[O-])c(C(=O)[O-])cnc12. The number of rotatable bonds is 4. The van der Waals surface area contributed by atoms with Crippen molar-refractivity contribution in [1.82, 2.24) is 4.98 Å². The zero-order valence-corrected chi connectivity index (χ0v) is 14.0. The summed E-state index contributed by atoms with van der Waals surface area (Å²) in [5.74, 6) is -2.04. The van der Waals surface area contributed by atoms with Crippen molar-refractivity contribution in [1.29, 1.82) is 0 Å². The molecule has 0 aliphatic rings. The highest BCUT2D eigenvalue weighted by molar-refractivity contribution is 6.32. The van der Waals surface area contributed by atoms with Gasteiger partial charge >= 0.3 is 0 Å². The van der Waals surface area contributed by atoms with Crippen LogP contribution in [-0.2, 0) is 0 Å². The van der Waals surface area contributed by atoms with Gasteiger partial charge in [0.05, 0.1) is 22.1 Å². The number of hydrogen-bond donors (Lipinski definition) is 1. The van der Waals surface area contributed by atoms with Gasteiger partial charge in [0.15, 0.2) is 0 Å². The van der Waals surface area contributed by atoms with Crippen molar-refractivity contribution in [2.75, 3.05) is 5.32 Å². The second-order valence-corrected chi connectivity index (χ2v) is 5.87. The van der Waals surface area contributed by atoms with E-state index in [1.54, 1.807) is 19.1 Å². The molecule has 0 unspecified atom stereocenters. The van der Waals surface area contributed by atoms with E-state index in [0.717, 1.165) is 24.4 Å². The number of nitrogens with one attached hydrogen (secondary N) is 1. The number of aromatic nitrogens is 1. The Morgan fingerprint density at radius 3 is 2.65 bits per heavy atom. The summed E-state index contributed by atoms with van der Waals surface area (Å²) in [7, 11) is 0. The Labute approximate surface area is 151 Å². The molecular weight excluding hydrogens is 362 g/mol. The van der Waals surface area contributed by atoms with Crippen LogP contribution in [0.1, 0.15) is 15.9 Å². The minimum atomic E-state index is -1.51. The molecule has 0 saturated carbocycles. The molecule has 0 amide bonds. The number of hydrogen-bond acceptors (Lipinski definition) is 7. The molecule has 3 aromatic rings. The minimum absolute atomic E-state index is 0.0485. The number of carboxylic acids is 1. The summed E-state index contributed by atoms with van der Waals surface area (Å²) in [5, 5.41) is 38.0. The number of aryl methyl sites for hydroxylation is 1. The van der Waals surface area contributed by atoms with E-state index in [-0.39, 0.29) is 22.6 Å². The fraction of sp³-hybridized carbons (Fsp3) is 0.0588. The maximum absolute atomic E-state index is 12.1. The first-order valence-electron chi connectivity index (χ1n) is 7.31. The van der Waals surface area contributed by atoms with Gasteiger partial charge in [-0.3, -0.25) is 15.1 Å². The van der Waals surface area contributed by atoms with Crippen molar-refractivity contribution in [3.8, 4) is 5.75 Å². The van der Waals surface area contributed by atoms with Crippen LogP contribution in [0.5, 0.6) is 5.75 Å². The molecular formula is C17H10ClN3O5-2. The van der Waals surface area contributed by atoms with Crippen LogP contribution >= 0.6 is 11.6 Å². The van der Waals surface area contributed by atoms with Gasteiger partial charge in [0, 0.05) is 40.0 Å². The number of carboxylic acid groups (broad SMARTS) is 1. The maximum atomic E-state index is 12.1. The molecule has 8 nitrogen and oxygen atoms in total. The van der Waals surface area contributed by atoms with Crippen LogP contribution in [0, 0.1) is 17.0 Å². The van der Waals surface area contributed by atoms with Crippen LogP contribution in [0.2, 0.25) is 5.02 Å². The minimum Gasteiger partial charge on any atom is -0.871 e. The second-order valence-electron chi connectivity index (χ2n) is 5.47. The summed E-state index contributed by atoms with van der Waals surface area (Å²) in [4.78, 5) is 25.8. The number of pyridine rings is 1. The first-order valence-corrected chi connectivity index (χ1v) is 7.69. The first-order chi connectivity index (χ1) is 12.3. The average molecular weight is 372 g/mol. The van der Waals surface area contributed by atoms with Gasteiger partial charge in [-0.1, -0.05) is 23.4 Å². The summed E-state index contributed by atoms with van der Waals surface area (Å²) in [5.41, 5.74) is 0.375. The van der Waals surface area contributed by atoms with E-state index >= 15 is 0 Å². The van der Waals surface area contributed by atoms with Crippen molar-refractivity contribution in [3.63, 3.8) is 0 Å². The average Bonchev–Trinajstić information content (AvgIpc) is 2.59. The second kappa shape index (κ2) is 6.49. The number of carbonyl (C=O) groups is 1. The van der Waals surface area contributed by atoms with Gasteiger partial charge < -0.3 is 20.3 Å². The number of aromatic carboxylic acids is 1. The monoisotopic (exact) mass is 371 g/mol. The van der Waals surface area contributed by atoms with Crippen LogP contribution in [0.4, 0.5) is 17.1 Å². The third-order valence-electron chi connectivity index (χ3n) is 3.88. The van der Waals surface area contributed by atoms with E-state index in [1.807, 2.05) is 0 Å². The number of benzene rings is 2. The normalized spacial score (nSPS) is 10.7. The Bertz CT molecular complexity index is 1070. The molecule has 1 aromatic heterocycles. The number of carbonyl (C=O) groups excluding carboxylic acids is 1. The lowest BCUT2D eigenvalue weighted by Gasteiger charge is -2.20. The molecule has 0 atom stereocenters. The number of non-ortho nitro benzene ring substituents is 1. The summed E-state index contributed by atoms with van der Waals surface area (Å²) in [6.07, 6.45) is 1.09. The Morgan fingerprint density at radius 1 is 1.27 bits per heavy atom. The van der Waals surface area contributed by atoms with Gasteiger partial charge in [-0.25, -0.2) is 0 Å². The molecule has 0 radical (unpaired) electrons. The Kier molecular flexibility index (Phi) is 4.35. The van der Waals surface area contributed by atoms with Gasteiger partial charge in [0.2, 0.25) is 0 Å². The largest absolute Gasteiger partial charge is 0.871 e. The summed E-state index contributed by atoms with van der Waals surface area (Å²) in [6.45, 7) is 1.71. The third-order valence-corrected chi connectivity index (χ3v) is 4.29. The van der Waals surface area contributed by atoms with Crippen LogP contribution in [0.15, 0.2) is 36.5 Å². The smallest absolute Gasteiger partial charge is 0.271 e. The zero-order valence-electron chi connectivity index (χ0n) is 13.3. The number of fused-ring (bicyclic) bond motifs is 1. The molecule has 0 fully saturated rings. The highest BCUT2D eigenvalue weighted by atomic mass is 35.5. The summed E-state index contributed by atoms with van der Waals surface area (Å²) in [6, 6.07) is 6.26. The lowest BCUT2D eigenvalue weighted by molar-refractivity contribution is -0.385. The van der Waals surface area contributed by atoms with Gasteiger partial charge in [0.1, 0.15) is 0 Å². The van der Waals surface area contributed by atoms with Crippen molar-refractivity contribution < 1.29 is 19.9 Å². The van der Waals surface area contributed by atoms with Gasteiger partial charge in [0.25, 0.3) is 5.69 Å². The van der Waals surface area contributed by atoms with Crippen LogP contribution in [0.25, 0.3) is 10.9 Å². The predicted octanol–water partition coefficient (Wildman–Crippen LogP) is 2.29.